The van der Waals surface area contributed by atoms with E-state index in [1.807, 2.05) is 11.4 Å². The fraction of sp³-hybridized carbons (Fsp3) is 0.375. The summed E-state index contributed by atoms with van der Waals surface area (Å²) in [5.41, 5.74) is 0. The van der Waals surface area contributed by atoms with Crippen LogP contribution in [0.25, 0.3) is 0 Å². The number of hydrogen-bond acceptors (Lipinski definition) is 4. The summed E-state index contributed by atoms with van der Waals surface area (Å²) in [6.07, 6.45) is 1.66. The minimum Gasteiger partial charge on any atom is -0.396 e. The molecule has 0 aliphatic carbocycles. The van der Waals surface area contributed by atoms with E-state index in [-0.39, 0.29) is 6.61 Å². The van der Waals surface area contributed by atoms with Crippen molar-refractivity contribution in [2.24, 2.45) is 0 Å². The molecule has 1 aromatic rings. The van der Waals surface area contributed by atoms with Crippen LogP contribution in [0, 0.1) is 0 Å². The molecule has 0 aliphatic heterocycles. The molecule has 0 amide bonds. The molecule has 12 heavy (non-hydrogen) atoms. The Morgan fingerprint density at radius 1 is 1.67 bits per heavy atom. The monoisotopic (exact) mass is 202 g/mol. The largest absolute Gasteiger partial charge is 0.396 e. The van der Waals surface area contributed by atoms with Gasteiger partial charge >= 0.3 is 0 Å². The van der Waals surface area contributed by atoms with Crippen LogP contribution in [0.4, 0.5) is 0 Å². The standard InChI is InChI=1S/C8H10O2S2/c9-2-1-3-11-8-4-7(5-10)12-6-8/h4-6,9H,1-3H2. The maximum Gasteiger partial charge on any atom is 0.160 e. The minimum atomic E-state index is 0.234. The van der Waals surface area contributed by atoms with Crippen LogP contribution in [0.5, 0.6) is 0 Å². The van der Waals surface area contributed by atoms with E-state index < -0.39 is 0 Å². The molecule has 0 aliphatic rings. The van der Waals surface area contributed by atoms with Gasteiger partial charge in [-0.25, -0.2) is 0 Å². The summed E-state index contributed by atoms with van der Waals surface area (Å²) in [6.45, 7) is 0.234. The van der Waals surface area contributed by atoms with Crippen LogP contribution in [-0.4, -0.2) is 23.8 Å². The highest BCUT2D eigenvalue weighted by atomic mass is 32.2. The van der Waals surface area contributed by atoms with E-state index in [9.17, 15) is 4.79 Å². The smallest absolute Gasteiger partial charge is 0.160 e. The first-order valence-electron chi connectivity index (χ1n) is 3.64. The van der Waals surface area contributed by atoms with Crippen LogP contribution >= 0.6 is 23.1 Å². The number of thiophene rings is 1. The van der Waals surface area contributed by atoms with Gasteiger partial charge in [-0.1, -0.05) is 0 Å². The van der Waals surface area contributed by atoms with Crippen molar-refractivity contribution in [3.05, 3.63) is 16.3 Å². The van der Waals surface area contributed by atoms with E-state index in [0.717, 1.165) is 28.2 Å². The van der Waals surface area contributed by atoms with Crippen molar-refractivity contribution in [1.29, 1.82) is 0 Å². The molecule has 0 aromatic carbocycles. The zero-order valence-corrected chi connectivity index (χ0v) is 8.16. The number of aliphatic hydroxyl groups is 1. The van der Waals surface area contributed by atoms with Gasteiger partial charge in [-0.3, -0.25) is 4.79 Å². The second-order valence-corrected chi connectivity index (χ2v) is 4.34. The Balaban J connectivity index is 2.36. The predicted molar refractivity (Wildman–Crippen MR) is 52.1 cm³/mol. The zero-order valence-electron chi connectivity index (χ0n) is 6.53. The molecule has 1 aromatic heterocycles. The molecule has 1 heterocycles. The van der Waals surface area contributed by atoms with E-state index in [2.05, 4.69) is 0 Å². The van der Waals surface area contributed by atoms with Crippen LogP contribution in [-0.2, 0) is 0 Å². The van der Waals surface area contributed by atoms with Gasteiger partial charge in [0.25, 0.3) is 0 Å². The first-order chi connectivity index (χ1) is 5.86. The van der Waals surface area contributed by atoms with Gasteiger partial charge in [-0.2, -0.15) is 0 Å². The molecular formula is C8H10O2S2. The molecule has 0 unspecified atom stereocenters. The van der Waals surface area contributed by atoms with E-state index in [4.69, 9.17) is 5.11 Å². The van der Waals surface area contributed by atoms with Crippen molar-refractivity contribution in [1.82, 2.24) is 0 Å². The lowest BCUT2D eigenvalue weighted by molar-refractivity contribution is 0.112. The molecule has 4 heteroatoms. The van der Waals surface area contributed by atoms with E-state index >= 15 is 0 Å². The Hall–Kier alpha value is -0.320. The Morgan fingerprint density at radius 3 is 3.08 bits per heavy atom. The summed E-state index contributed by atoms with van der Waals surface area (Å²) in [7, 11) is 0. The molecule has 0 fully saturated rings. The molecule has 0 saturated carbocycles. The van der Waals surface area contributed by atoms with Gasteiger partial charge in [0, 0.05) is 22.6 Å². The molecule has 2 nitrogen and oxygen atoms in total. The molecule has 0 saturated heterocycles. The van der Waals surface area contributed by atoms with E-state index in [1.165, 1.54) is 11.3 Å². The van der Waals surface area contributed by atoms with Crippen LogP contribution in [0.15, 0.2) is 16.3 Å². The number of aliphatic hydroxyl groups excluding tert-OH is 1. The van der Waals surface area contributed by atoms with Crippen molar-refractivity contribution in [3.8, 4) is 0 Å². The Morgan fingerprint density at radius 2 is 2.50 bits per heavy atom. The van der Waals surface area contributed by atoms with E-state index in [1.54, 1.807) is 11.8 Å². The van der Waals surface area contributed by atoms with Gasteiger partial charge in [0.2, 0.25) is 0 Å². The summed E-state index contributed by atoms with van der Waals surface area (Å²) in [5.74, 6) is 0.908. The Kier molecular flexibility index (Phi) is 4.35. The number of hydrogen-bond donors (Lipinski definition) is 1. The number of thioether (sulfide) groups is 1. The Bertz CT molecular complexity index is 245. The normalized spacial score (nSPS) is 10.1. The van der Waals surface area contributed by atoms with Crippen molar-refractivity contribution in [2.45, 2.75) is 11.3 Å². The topological polar surface area (TPSA) is 37.3 Å². The Labute approximate surface area is 79.6 Å². The third-order valence-electron chi connectivity index (χ3n) is 1.28. The fourth-order valence-electron chi connectivity index (χ4n) is 0.726. The lowest BCUT2D eigenvalue weighted by Crippen LogP contribution is -1.84. The average molecular weight is 202 g/mol. The first-order valence-corrected chi connectivity index (χ1v) is 5.50. The minimum absolute atomic E-state index is 0.234. The van der Waals surface area contributed by atoms with Gasteiger partial charge in [0.1, 0.15) is 0 Å². The van der Waals surface area contributed by atoms with Gasteiger partial charge in [0.05, 0.1) is 4.88 Å². The number of carbonyl (C=O) groups is 1. The van der Waals surface area contributed by atoms with Crippen LogP contribution < -0.4 is 0 Å². The molecule has 1 N–H and O–H groups in total. The number of carbonyl (C=O) groups excluding carboxylic acids is 1. The van der Waals surface area contributed by atoms with Crippen molar-refractivity contribution in [2.75, 3.05) is 12.4 Å². The number of aldehydes is 1. The van der Waals surface area contributed by atoms with Crippen LogP contribution in [0.3, 0.4) is 0 Å². The second kappa shape index (κ2) is 5.35. The molecule has 0 atom stereocenters. The van der Waals surface area contributed by atoms with Gasteiger partial charge in [0.15, 0.2) is 6.29 Å². The van der Waals surface area contributed by atoms with Crippen molar-refractivity contribution < 1.29 is 9.90 Å². The highest BCUT2D eigenvalue weighted by Gasteiger charge is 1.98. The lowest BCUT2D eigenvalue weighted by Gasteiger charge is -1.93. The molecule has 66 valence electrons. The van der Waals surface area contributed by atoms with E-state index in [0.29, 0.717) is 0 Å². The fourth-order valence-corrected chi connectivity index (χ4v) is 2.51. The van der Waals surface area contributed by atoms with Gasteiger partial charge in [-0.15, -0.1) is 23.1 Å². The van der Waals surface area contributed by atoms with Gasteiger partial charge in [-0.05, 0) is 12.5 Å². The third-order valence-corrected chi connectivity index (χ3v) is 3.35. The highest BCUT2D eigenvalue weighted by Crippen LogP contribution is 2.23. The summed E-state index contributed by atoms with van der Waals surface area (Å²) in [4.78, 5) is 12.2. The van der Waals surface area contributed by atoms with Crippen LogP contribution in [0.1, 0.15) is 16.1 Å². The maximum atomic E-state index is 10.3. The van der Waals surface area contributed by atoms with Crippen molar-refractivity contribution >= 4 is 29.4 Å². The highest BCUT2D eigenvalue weighted by molar-refractivity contribution is 7.99. The summed E-state index contributed by atoms with van der Waals surface area (Å²) in [6, 6.07) is 1.87. The zero-order chi connectivity index (χ0) is 8.81. The molecule has 1 rings (SSSR count). The molecule has 0 radical (unpaired) electrons. The average Bonchev–Trinajstić information content (AvgIpc) is 2.53. The summed E-state index contributed by atoms with van der Waals surface area (Å²) >= 11 is 3.13. The van der Waals surface area contributed by atoms with Crippen molar-refractivity contribution in [3.63, 3.8) is 0 Å². The lowest BCUT2D eigenvalue weighted by atomic mass is 10.5. The molecule has 0 bridgehead atoms. The molecule has 0 spiro atoms. The van der Waals surface area contributed by atoms with Gasteiger partial charge < -0.3 is 5.11 Å². The number of rotatable bonds is 5. The third kappa shape index (κ3) is 2.97. The quantitative estimate of drug-likeness (QED) is 0.451. The van der Waals surface area contributed by atoms with Crippen LogP contribution in [0.2, 0.25) is 0 Å². The maximum absolute atomic E-state index is 10.3. The predicted octanol–water partition coefficient (Wildman–Crippen LogP) is 2.04. The molecular weight excluding hydrogens is 192 g/mol. The SMILES string of the molecule is O=Cc1cc(SCCCO)cs1. The second-order valence-electron chi connectivity index (χ2n) is 2.23. The summed E-state index contributed by atoms with van der Waals surface area (Å²) < 4.78 is 0. The first kappa shape index (κ1) is 9.77. The summed E-state index contributed by atoms with van der Waals surface area (Å²) in [5, 5.41) is 10.5.